The highest BCUT2D eigenvalue weighted by Gasteiger charge is 2.55. The van der Waals surface area contributed by atoms with Crippen LogP contribution >= 0.6 is 0 Å². The molecule has 2 aromatic carbocycles. The first-order valence-corrected chi connectivity index (χ1v) is 36.1. The molecule has 0 spiro atoms. The Hall–Kier alpha value is -1.33. The molecule has 358 valence electrons. The van der Waals surface area contributed by atoms with Crippen LogP contribution in [-0.4, -0.2) is 102 Å². The predicted molar refractivity (Wildman–Crippen MR) is 279 cm³/mol. The smallest absolute Gasteiger partial charge is 0.192 e. The van der Waals surface area contributed by atoms with Crippen LogP contribution in [0.3, 0.4) is 0 Å². The lowest BCUT2D eigenvalue weighted by Gasteiger charge is -2.56. The molecule has 3 fully saturated rings. The van der Waals surface area contributed by atoms with E-state index >= 15 is 0 Å². The van der Waals surface area contributed by atoms with Crippen LogP contribution in [0.2, 0.25) is 72.5 Å². The monoisotopic (exact) mass is 940 g/mol. The van der Waals surface area contributed by atoms with Crippen molar-refractivity contribution >= 4 is 44.6 Å². The third-order valence-electron chi connectivity index (χ3n) is 16.4. The zero-order chi connectivity index (χ0) is 47.2. The van der Waals surface area contributed by atoms with Gasteiger partial charge in [-0.1, -0.05) is 107 Å². The second-order valence-electron chi connectivity index (χ2n) is 25.5. The second-order valence-corrected chi connectivity index (χ2v) is 44.6. The second kappa shape index (κ2) is 19.3. The van der Waals surface area contributed by atoms with Gasteiger partial charge in [0, 0.05) is 44.1 Å². The highest BCUT2D eigenvalue weighted by molar-refractivity contribution is 6.75. The molecule has 2 aliphatic heterocycles. The summed E-state index contributed by atoms with van der Waals surface area (Å²) in [6, 6.07) is 16.4. The Kier molecular flexibility index (Phi) is 16.2. The number of piperidine rings is 1. The molecular weight excluding hydrogens is 847 g/mol. The summed E-state index contributed by atoms with van der Waals surface area (Å²) in [6.45, 7) is 53.8. The quantitative estimate of drug-likeness (QED) is 0.167. The van der Waals surface area contributed by atoms with E-state index in [0.29, 0.717) is 12.5 Å². The molecule has 4 atom stereocenters. The molecule has 2 aromatic rings. The summed E-state index contributed by atoms with van der Waals surface area (Å²) in [5.41, 5.74) is 6.56. The van der Waals surface area contributed by atoms with Crippen molar-refractivity contribution in [1.82, 2.24) is 4.90 Å². The maximum Gasteiger partial charge on any atom is 0.192 e. The zero-order valence-electron chi connectivity index (χ0n) is 43.9. The average Bonchev–Trinajstić information content (AvgIpc) is 4.00. The highest BCUT2D eigenvalue weighted by atomic mass is 28.4. The topological polar surface area (TPSA) is 64.7 Å². The van der Waals surface area contributed by atoms with Gasteiger partial charge in [-0.3, -0.25) is 4.90 Å². The number of hydrogen-bond acceptors (Lipinski definition) is 8. The van der Waals surface area contributed by atoms with Crippen molar-refractivity contribution in [3.8, 4) is 0 Å². The minimum Gasteiger partial charge on any atom is -0.415 e. The van der Waals surface area contributed by atoms with Gasteiger partial charge in [0.25, 0.3) is 0 Å². The standard InChI is InChI=1S/C51H93N3O5Si4/c1-48(2,3)60(13,14)56-37-44-46(58-62(17,18)50(7,8)9)47(59-63(19,20)51(10,11)12)45(57-61(15,16)49(4,5)6)36-54(44)35-39-23-21-38(22-24-39)34-52-42-31-41(40-25-26-40)32-43(33-42)53-27-29-55-30-28-53/h21-24,31-33,40,44-47,52H,25-30,34-37H2,1-20H3/t44-,45?,46?,47?/m1/s1. The zero-order valence-corrected chi connectivity index (χ0v) is 47.9. The fraction of sp³-hybridized carbons (Fsp3) is 0.765. The number of likely N-dealkylation sites (tertiary alicyclic amines) is 1. The van der Waals surface area contributed by atoms with Gasteiger partial charge in [-0.15, -0.1) is 0 Å². The van der Waals surface area contributed by atoms with E-state index in [9.17, 15) is 0 Å². The first-order valence-electron chi connectivity index (χ1n) is 24.4. The molecule has 1 N–H and O–H groups in total. The Morgan fingerprint density at radius 3 is 1.62 bits per heavy atom. The fourth-order valence-corrected chi connectivity index (χ4v) is 12.6. The van der Waals surface area contributed by atoms with Crippen LogP contribution < -0.4 is 10.2 Å². The maximum atomic E-state index is 7.79. The number of anilines is 2. The molecule has 63 heavy (non-hydrogen) atoms. The molecule has 5 rings (SSSR count). The van der Waals surface area contributed by atoms with E-state index in [0.717, 1.165) is 45.9 Å². The molecule has 8 nitrogen and oxygen atoms in total. The Morgan fingerprint density at radius 1 is 0.619 bits per heavy atom. The van der Waals surface area contributed by atoms with Gasteiger partial charge in [0.2, 0.25) is 0 Å². The van der Waals surface area contributed by atoms with Crippen molar-refractivity contribution in [2.45, 2.75) is 212 Å². The van der Waals surface area contributed by atoms with E-state index in [-0.39, 0.29) is 44.5 Å². The molecule has 2 heterocycles. The van der Waals surface area contributed by atoms with E-state index in [1.165, 1.54) is 40.9 Å². The molecule has 1 aliphatic carbocycles. The van der Waals surface area contributed by atoms with Crippen molar-refractivity contribution in [3.63, 3.8) is 0 Å². The third kappa shape index (κ3) is 13.2. The minimum absolute atomic E-state index is 0.0111. The normalized spacial score (nSPS) is 23.0. The van der Waals surface area contributed by atoms with Gasteiger partial charge < -0.3 is 32.7 Å². The Balaban J connectivity index is 1.51. The van der Waals surface area contributed by atoms with Crippen molar-refractivity contribution in [2.24, 2.45) is 0 Å². The van der Waals surface area contributed by atoms with Gasteiger partial charge >= 0.3 is 0 Å². The number of morpholine rings is 1. The first-order chi connectivity index (χ1) is 28.7. The molecule has 12 heteroatoms. The Labute approximate surface area is 390 Å². The van der Waals surface area contributed by atoms with Crippen molar-refractivity contribution in [3.05, 3.63) is 59.2 Å². The van der Waals surface area contributed by atoms with Gasteiger partial charge in [-0.25, -0.2) is 0 Å². The van der Waals surface area contributed by atoms with Gasteiger partial charge in [-0.05, 0) is 126 Å². The van der Waals surface area contributed by atoms with Crippen molar-refractivity contribution in [1.29, 1.82) is 0 Å². The molecule has 1 saturated carbocycles. The SMILES string of the molecule is CC(C)(C)[Si](C)(C)OC[C@@H]1C(O[Si](C)(C)C(C)(C)C)C(O[Si](C)(C)C(C)(C)C)C(O[Si](C)(C)C(C)(C)C)CN1Cc1ccc(CNc2cc(C3CC3)cc(N3CCOCC3)c2)cc1. The molecule has 2 saturated heterocycles. The van der Waals surface area contributed by atoms with Gasteiger partial charge in [0.05, 0.1) is 44.2 Å². The Morgan fingerprint density at radius 2 is 1.11 bits per heavy atom. The van der Waals surface area contributed by atoms with Crippen LogP contribution in [0.4, 0.5) is 11.4 Å². The lowest BCUT2D eigenvalue weighted by atomic mass is 9.93. The van der Waals surface area contributed by atoms with Crippen LogP contribution in [0.25, 0.3) is 0 Å². The molecule has 0 amide bonds. The van der Waals surface area contributed by atoms with E-state index in [1.807, 2.05) is 0 Å². The molecule has 0 radical (unpaired) electrons. The van der Waals surface area contributed by atoms with E-state index in [4.69, 9.17) is 22.4 Å². The number of nitrogens with zero attached hydrogens (tertiary/aromatic N) is 2. The van der Waals surface area contributed by atoms with Crippen LogP contribution in [0.5, 0.6) is 0 Å². The lowest BCUT2D eigenvalue weighted by molar-refractivity contribution is -0.130. The molecule has 0 bridgehead atoms. The van der Waals surface area contributed by atoms with Crippen LogP contribution in [-0.2, 0) is 35.5 Å². The summed E-state index contributed by atoms with van der Waals surface area (Å²) in [4.78, 5) is 5.14. The van der Waals surface area contributed by atoms with Crippen molar-refractivity contribution in [2.75, 3.05) is 49.7 Å². The molecule has 0 aromatic heterocycles. The Bertz CT molecular complexity index is 1800. The first kappa shape index (κ1) is 52.6. The summed E-state index contributed by atoms with van der Waals surface area (Å²) in [5, 5.41) is 3.99. The van der Waals surface area contributed by atoms with E-state index < -0.39 is 33.3 Å². The summed E-state index contributed by atoms with van der Waals surface area (Å²) in [5.74, 6) is 0.698. The largest absolute Gasteiger partial charge is 0.415 e. The summed E-state index contributed by atoms with van der Waals surface area (Å²) < 4.78 is 36.1. The minimum atomic E-state index is -2.32. The van der Waals surface area contributed by atoms with Crippen molar-refractivity contribution < 1.29 is 22.4 Å². The summed E-state index contributed by atoms with van der Waals surface area (Å²) in [7, 11) is -8.96. The maximum absolute atomic E-state index is 7.79. The third-order valence-corrected chi connectivity index (χ3v) is 34.3. The predicted octanol–water partition coefficient (Wildman–Crippen LogP) is 13.4. The number of rotatable bonds is 16. The van der Waals surface area contributed by atoms with Crippen LogP contribution in [0, 0.1) is 0 Å². The fourth-order valence-electron chi connectivity index (χ4n) is 7.58. The van der Waals surface area contributed by atoms with Crippen LogP contribution in [0.1, 0.15) is 119 Å². The van der Waals surface area contributed by atoms with Crippen LogP contribution in [0.15, 0.2) is 42.5 Å². The summed E-state index contributed by atoms with van der Waals surface area (Å²) >= 11 is 0. The lowest BCUT2D eigenvalue weighted by Crippen LogP contribution is -2.70. The highest BCUT2D eigenvalue weighted by Crippen LogP contribution is 2.47. The summed E-state index contributed by atoms with van der Waals surface area (Å²) in [6.07, 6.45) is 2.02. The van der Waals surface area contributed by atoms with E-state index in [2.05, 4.69) is 193 Å². The number of nitrogens with one attached hydrogen (secondary N) is 1. The molecular formula is C51H93N3O5Si4. The van der Waals surface area contributed by atoms with Gasteiger partial charge in [0.15, 0.2) is 33.3 Å². The number of ether oxygens (including phenoxy) is 1. The average molecular weight is 941 g/mol. The molecule has 3 unspecified atom stereocenters. The van der Waals surface area contributed by atoms with Gasteiger partial charge in [-0.2, -0.15) is 0 Å². The number of benzene rings is 2. The van der Waals surface area contributed by atoms with Gasteiger partial charge in [0.1, 0.15) is 0 Å². The number of hydrogen-bond donors (Lipinski definition) is 1. The van der Waals surface area contributed by atoms with E-state index in [1.54, 1.807) is 0 Å². The molecule has 3 aliphatic rings.